The summed E-state index contributed by atoms with van der Waals surface area (Å²) in [7, 11) is 0. The van der Waals surface area contributed by atoms with Crippen LogP contribution in [-0.4, -0.2) is 6.54 Å². The van der Waals surface area contributed by atoms with Gasteiger partial charge in [-0.25, -0.2) is 4.39 Å². The number of halogens is 1. The molecule has 0 aromatic heterocycles. The number of nitrogens with two attached hydrogens (primary N) is 1. The minimum Gasteiger partial charge on any atom is -0.330 e. The van der Waals surface area contributed by atoms with Gasteiger partial charge in [-0.15, -0.1) is 0 Å². The fraction of sp³-hybridized carbons (Fsp3) is 0.538. The number of hydrogen-bond acceptors (Lipinski definition) is 1. The Bertz CT molecular complexity index is 347. The predicted molar refractivity (Wildman–Crippen MR) is 60.4 cm³/mol. The third kappa shape index (κ3) is 2.37. The summed E-state index contributed by atoms with van der Waals surface area (Å²) in [4.78, 5) is 0. The van der Waals surface area contributed by atoms with Crippen molar-refractivity contribution in [3.63, 3.8) is 0 Å². The average Bonchev–Trinajstić information content (AvgIpc) is 2.26. The summed E-state index contributed by atoms with van der Waals surface area (Å²) in [5.74, 6) is -0.0379. The van der Waals surface area contributed by atoms with Crippen LogP contribution in [0.15, 0.2) is 12.1 Å². The van der Waals surface area contributed by atoms with Gasteiger partial charge in [-0.2, -0.15) is 0 Å². The van der Waals surface area contributed by atoms with Crippen LogP contribution in [0, 0.1) is 5.82 Å². The van der Waals surface area contributed by atoms with Crippen molar-refractivity contribution in [1.82, 2.24) is 0 Å². The number of rotatable bonds is 3. The van der Waals surface area contributed by atoms with Crippen LogP contribution in [0.1, 0.15) is 36.0 Å². The van der Waals surface area contributed by atoms with Crippen molar-refractivity contribution in [2.24, 2.45) is 5.73 Å². The Balaban J connectivity index is 2.24. The molecule has 0 fully saturated rings. The van der Waals surface area contributed by atoms with Crippen LogP contribution in [0.3, 0.4) is 0 Å². The summed E-state index contributed by atoms with van der Waals surface area (Å²) in [6.45, 7) is 0.635. The molecule has 0 heterocycles. The summed E-state index contributed by atoms with van der Waals surface area (Å²) in [6.07, 6.45) is 6.25. The molecule has 0 atom stereocenters. The highest BCUT2D eigenvalue weighted by Gasteiger charge is 2.12. The molecule has 0 saturated carbocycles. The largest absolute Gasteiger partial charge is 0.330 e. The molecule has 1 aromatic carbocycles. The predicted octanol–water partition coefficient (Wildman–Crippen LogP) is 2.60. The van der Waals surface area contributed by atoms with Gasteiger partial charge in [0.25, 0.3) is 0 Å². The maximum absolute atomic E-state index is 13.7. The van der Waals surface area contributed by atoms with E-state index in [0.29, 0.717) is 6.54 Å². The quantitative estimate of drug-likeness (QED) is 0.810. The Morgan fingerprint density at radius 2 is 1.80 bits per heavy atom. The number of fused-ring (bicyclic) bond motifs is 1. The molecule has 1 nitrogen and oxygen atoms in total. The Morgan fingerprint density at radius 1 is 1.13 bits per heavy atom. The van der Waals surface area contributed by atoms with Crippen LogP contribution in [0.2, 0.25) is 0 Å². The van der Waals surface area contributed by atoms with Gasteiger partial charge in [-0.3, -0.25) is 0 Å². The lowest BCUT2D eigenvalue weighted by molar-refractivity contribution is 0.593. The van der Waals surface area contributed by atoms with Crippen molar-refractivity contribution in [1.29, 1.82) is 0 Å². The van der Waals surface area contributed by atoms with Crippen molar-refractivity contribution in [3.8, 4) is 0 Å². The molecule has 1 aliphatic rings. The highest BCUT2D eigenvalue weighted by atomic mass is 19.1. The highest BCUT2D eigenvalue weighted by Crippen LogP contribution is 2.24. The van der Waals surface area contributed by atoms with E-state index in [9.17, 15) is 4.39 Å². The summed E-state index contributed by atoms with van der Waals surface area (Å²) in [5.41, 5.74) is 8.86. The molecule has 0 bridgehead atoms. The lowest BCUT2D eigenvalue weighted by Crippen LogP contribution is -2.07. The molecule has 1 aromatic rings. The van der Waals surface area contributed by atoms with Crippen LogP contribution in [0.25, 0.3) is 0 Å². The Hall–Kier alpha value is -0.890. The third-order valence-electron chi connectivity index (χ3n) is 3.16. The second-order valence-electron chi connectivity index (χ2n) is 4.31. The van der Waals surface area contributed by atoms with Gasteiger partial charge in [-0.05, 0) is 67.8 Å². The van der Waals surface area contributed by atoms with Gasteiger partial charge in [0.15, 0.2) is 0 Å². The average molecular weight is 207 g/mol. The van der Waals surface area contributed by atoms with E-state index in [1.165, 1.54) is 24.0 Å². The van der Waals surface area contributed by atoms with Crippen molar-refractivity contribution in [3.05, 3.63) is 34.6 Å². The first-order chi connectivity index (χ1) is 7.31. The van der Waals surface area contributed by atoms with Crippen molar-refractivity contribution in [2.75, 3.05) is 6.54 Å². The second kappa shape index (κ2) is 4.75. The van der Waals surface area contributed by atoms with E-state index in [2.05, 4.69) is 6.07 Å². The maximum atomic E-state index is 13.7. The highest BCUT2D eigenvalue weighted by molar-refractivity contribution is 5.35. The molecule has 0 unspecified atom stereocenters. The molecular formula is C13H18FN. The van der Waals surface area contributed by atoms with Crippen LogP contribution in [0.5, 0.6) is 0 Å². The maximum Gasteiger partial charge on any atom is 0.126 e. The topological polar surface area (TPSA) is 26.0 Å². The molecule has 2 heteroatoms. The Morgan fingerprint density at radius 3 is 2.47 bits per heavy atom. The molecule has 2 rings (SSSR count). The van der Waals surface area contributed by atoms with Crippen LogP contribution >= 0.6 is 0 Å². The Kier molecular flexibility index (Phi) is 3.37. The van der Waals surface area contributed by atoms with Crippen LogP contribution in [-0.2, 0) is 19.3 Å². The molecule has 0 spiro atoms. The number of benzene rings is 1. The van der Waals surface area contributed by atoms with Gasteiger partial charge >= 0.3 is 0 Å². The van der Waals surface area contributed by atoms with Gasteiger partial charge in [0.2, 0.25) is 0 Å². The van der Waals surface area contributed by atoms with Gasteiger partial charge < -0.3 is 5.73 Å². The van der Waals surface area contributed by atoms with E-state index in [0.717, 1.165) is 31.2 Å². The molecule has 0 radical (unpaired) electrons. The van der Waals surface area contributed by atoms with Gasteiger partial charge in [-0.1, -0.05) is 6.07 Å². The summed E-state index contributed by atoms with van der Waals surface area (Å²) >= 11 is 0. The van der Waals surface area contributed by atoms with Crippen molar-refractivity contribution in [2.45, 2.75) is 38.5 Å². The zero-order valence-corrected chi connectivity index (χ0v) is 9.06. The molecule has 0 amide bonds. The normalized spacial score (nSPS) is 15.1. The van der Waals surface area contributed by atoms with Gasteiger partial charge in [0.05, 0.1) is 0 Å². The zero-order valence-electron chi connectivity index (χ0n) is 9.06. The molecule has 15 heavy (non-hydrogen) atoms. The Labute approximate surface area is 90.5 Å². The van der Waals surface area contributed by atoms with Crippen molar-refractivity contribution >= 4 is 0 Å². The van der Waals surface area contributed by atoms with E-state index in [4.69, 9.17) is 5.73 Å². The standard InChI is InChI=1S/C13H18FN/c14-13-9-11-5-2-1-4-10(11)8-12(13)6-3-7-15/h8-9H,1-7,15H2. The smallest absolute Gasteiger partial charge is 0.126 e. The van der Waals surface area contributed by atoms with E-state index in [1.807, 2.05) is 0 Å². The molecule has 82 valence electrons. The lowest BCUT2D eigenvalue weighted by atomic mass is 9.89. The minimum atomic E-state index is -0.0379. The molecule has 1 aliphatic carbocycles. The first kappa shape index (κ1) is 10.6. The fourth-order valence-corrected chi connectivity index (χ4v) is 2.29. The molecular weight excluding hydrogens is 189 g/mol. The van der Waals surface area contributed by atoms with E-state index in [-0.39, 0.29) is 5.82 Å². The first-order valence-electron chi connectivity index (χ1n) is 5.81. The number of aryl methyl sites for hydroxylation is 3. The van der Waals surface area contributed by atoms with Crippen LogP contribution in [0.4, 0.5) is 4.39 Å². The fourth-order valence-electron chi connectivity index (χ4n) is 2.29. The zero-order chi connectivity index (χ0) is 10.7. The van der Waals surface area contributed by atoms with Crippen LogP contribution < -0.4 is 5.73 Å². The summed E-state index contributed by atoms with van der Waals surface area (Å²) in [5, 5.41) is 0. The van der Waals surface area contributed by atoms with Gasteiger partial charge in [0.1, 0.15) is 5.82 Å². The minimum absolute atomic E-state index is 0.0379. The molecule has 0 saturated heterocycles. The van der Waals surface area contributed by atoms with Gasteiger partial charge in [0, 0.05) is 0 Å². The van der Waals surface area contributed by atoms with E-state index < -0.39 is 0 Å². The summed E-state index contributed by atoms with van der Waals surface area (Å²) in [6, 6.07) is 3.79. The monoisotopic (exact) mass is 207 g/mol. The third-order valence-corrected chi connectivity index (χ3v) is 3.16. The SMILES string of the molecule is NCCCc1cc2c(cc1F)CCCC2. The van der Waals surface area contributed by atoms with Crippen molar-refractivity contribution < 1.29 is 4.39 Å². The second-order valence-corrected chi connectivity index (χ2v) is 4.31. The number of hydrogen-bond donors (Lipinski definition) is 1. The van der Waals surface area contributed by atoms with E-state index >= 15 is 0 Å². The first-order valence-corrected chi connectivity index (χ1v) is 5.81. The lowest BCUT2D eigenvalue weighted by Gasteiger charge is -2.17. The molecule has 0 aliphatic heterocycles. The van der Waals surface area contributed by atoms with E-state index in [1.54, 1.807) is 6.07 Å². The molecule has 2 N–H and O–H groups in total. The summed E-state index contributed by atoms with van der Waals surface area (Å²) < 4.78 is 13.7.